The lowest BCUT2D eigenvalue weighted by Gasteiger charge is -2.11. The quantitative estimate of drug-likeness (QED) is 0.803. The fraction of sp³-hybridized carbons (Fsp3) is 0.438. The monoisotopic (exact) mass is 267 g/mol. The van der Waals surface area contributed by atoms with Crippen LogP contribution in [0.5, 0.6) is 0 Å². The summed E-state index contributed by atoms with van der Waals surface area (Å²) in [5, 5.41) is 4.52. The zero-order valence-corrected chi connectivity index (χ0v) is 11.5. The van der Waals surface area contributed by atoms with Crippen molar-refractivity contribution >= 4 is 5.78 Å². The Labute approximate surface area is 117 Å². The van der Waals surface area contributed by atoms with E-state index in [9.17, 15) is 4.79 Å². The molecule has 1 fully saturated rings. The van der Waals surface area contributed by atoms with Crippen molar-refractivity contribution in [3.05, 3.63) is 47.5 Å². The van der Waals surface area contributed by atoms with Crippen LogP contribution in [0.1, 0.15) is 60.2 Å². The molecule has 102 valence electrons. The van der Waals surface area contributed by atoms with Gasteiger partial charge in [0.05, 0.1) is 6.04 Å². The number of fused-ring (bicyclic) bond motifs is 1. The minimum absolute atomic E-state index is 0.130. The van der Waals surface area contributed by atoms with Crippen LogP contribution in [0.25, 0.3) is 0 Å². The number of hydrogen-bond acceptors (Lipinski definition) is 3. The van der Waals surface area contributed by atoms with Crippen LogP contribution in [0.3, 0.4) is 0 Å². The Morgan fingerprint density at radius 1 is 1.25 bits per heavy atom. The minimum Gasteiger partial charge on any atom is -0.290 e. The van der Waals surface area contributed by atoms with Gasteiger partial charge < -0.3 is 0 Å². The normalized spacial score (nSPS) is 24.6. The van der Waals surface area contributed by atoms with Crippen molar-refractivity contribution in [1.29, 1.82) is 0 Å². The highest BCUT2D eigenvalue weighted by Crippen LogP contribution is 2.39. The molecule has 0 saturated heterocycles. The average Bonchev–Trinajstić information content (AvgIpc) is 3.15. The smallest absolute Gasteiger partial charge is 0.217 e. The van der Waals surface area contributed by atoms with E-state index in [1.54, 1.807) is 0 Å². The molecule has 2 aromatic rings. The molecule has 0 spiro atoms. The lowest BCUT2D eigenvalue weighted by atomic mass is 10.0. The third kappa shape index (κ3) is 1.79. The first kappa shape index (κ1) is 11.8. The lowest BCUT2D eigenvalue weighted by molar-refractivity contribution is 0.0957. The molecule has 4 nitrogen and oxygen atoms in total. The highest BCUT2D eigenvalue weighted by molar-refractivity contribution is 5.95. The van der Waals surface area contributed by atoms with Gasteiger partial charge >= 0.3 is 0 Å². The third-order valence-corrected chi connectivity index (χ3v) is 4.32. The largest absolute Gasteiger partial charge is 0.290 e. The molecular weight excluding hydrogens is 250 g/mol. The summed E-state index contributed by atoms with van der Waals surface area (Å²) < 4.78 is 1.97. The van der Waals surface area contributed by atoms with Crippen molar-refractivity contribution in [2.24, 2.45) is 5.92 Å². The van der Waals surface area contributed by atoms with Gasteiger partial charge in [-0.1, -0.05) is 37.3 Å². The van der Waals surface area contributed by atoms with Crippen molar-refractivity contribution in [2.75, 3.05) is 0 Å². The number of ketones is 1. The SMILES string of the molecule is C[C@H]1C[C@@H](c2ccccc2)n2nc(C(=O)C3CC3)nc21. The average molecular weight is 267 g/mol. The Kier molecular flexibility index (Phi) is 2.52. The summed E-state index contributed by atoms with van der Waals surface area (Å²) in [6.07, 6.45) is 3.01. The van der Waals surface area contributed by atoms with Gasteiger partial charge in [-0.2, -0.15) is 0 Å². The van der Waals surface area contributed by atoms with Gasteiger partial charge in [-0.05, 0) is 24.8 Å². The first-order chi connectivity index (χ1) is 9.74. The van der Waals surface area contributed by atoms with Gasteiger partial charge in [0.15, 0.2) is 0 Å². The van der Waals surface area contributed by atoms with Gasteiger partial charge in [-0.15, -0.1) is 5.10 Å². The second-order valence-electron chi connectivity index (χ2n) is 5.94. The summed E-state index contributed by atoms with van der Waals surface area (Å²) >= 11 is 0. The van der Waals surface area contributed by atoms with Gasteiger partial charge in [-0.3, -0.25) is 4.79 Å². The molecule has 1 aliphatic heterocycles. The van der Waals surface area contributed by atoms with E-state index in [0.717, 1.165) is 25.1 Å². The van der Waals surface area contributed by atoms with Crippen LogP contribution in [0.2, 0.25) is 0 Å². The summed E-state index contributed by atoms with van der Waals surface area (Å²) in [4.78, 5) is 16.6. The molecule has 0 N–H and O–H groups in total. The van der Waals surface area contributed by atoms with Crippen LogP contribution >= 0.6 is 0 Å². The molecule has 2 aliphatic rings. The van der Waals surface area contributed by atoms with Gasteiger partial charge in [0, 0.05) is 11.8 Å². The first-order valence-corrected chi connectivity index (χ1v) is 7.29. The summed E-state index contributed by atoms with van der Waals surface area (Å²) in [6, 6.07) is 10.6. The molecule has 2 heterocycles. The van der Waals surface area contributed by atoms with Crippen LogP contribution < -0.4 is 0 Å². The van der Waals surface area contributed by atoms with Crippen LogP contribution in [-0.2, 0) is 0 Å². The summed E-state index contributed by atoms with van der Waals surface area (Å²) in [5.74, 6) is 2.06. The van der Waals surface area contributed by atoms with Gasteiger partial charge in [0.1, 0.15) is 5.82 Å². The molecule has 4 heteroatoms. The Balaban J connectivity index is 1.72. The van der Waals surface area contributed by atoms with E-state index in [0.29, 0.717) is 11.7 Å². The number of rotatable bonds is 3. The standard InChI is InChI=1S/C16H17N3O/c1-10-9-13(11-5-3-2-4-6-11)19-16(10)17-15(18-19)14(20)12-7-8-12/h2-6,10,12-13H,7-9H2,1H3/t10-,13-/m0/s1. The lowest BCUT2D eigenvalue weighted by Crippen LogP contribution is -2.10. The number of carbonyl (C=O) groups is 1. The Bertz CT molecular complexity index is 658. The van der Waals surface area contributed by atoms with Gasteiger partial charge in [0.25, 0.3) is 0 Å². The summed E-state index contributed by atoms with van der Waals surface area (Å²) in [5.41, 5.74) is 1.24. The molecule has 1 aromatic carbocycles. The Hall–Kier alpha value is -1.97. The van der Waals surface area contributed by atoms with Crippen molar-refractivity contribution < 1.29 is 4.79 Å². The number of Topliss-reactive ketones (excluding diaryl/α,β-unsaturated/α-hetero) is 1. The fourth-order valence-electron chi connectivity index (χ4n) is 3.03. The Morgan fingerprint density at radius 3 is 2.70 bits per heavy atom. The molecule has 0 radical (unpaired) electrons. The number of benzene rings is 1. The number of aromatic nitrogens is 3. The second kappa shape index (κ2) is 4.27. The number of nitrogens with zero attached hydrogens (tertiary/aromatic N) is 3. The van der Waals surface area contributed by atoms with Crippen molar-refractivity contribution in [2.45, 2.75) is 38.1 Å². The topological polar surface area (TPSA) is 47.8 Å². The second-order valence-corrected chi connectivity index (χ2v) is 5.94. The van der Waals surface area contributed by atoms with Crippen molar-refractivity contribution in [1.82, 2.24) is 14.8 Å². The van der Waals surface area contributed by atoms with Gasteiger partial charge in [-0.25, -0.2) is 9.67 Å². The molecular formula is C16H17N3O. The van der Waals surface area contributed by atoms with Crippen molar-refractivity contribution in [3.8, 4) is 0 Å². The maximum Gasteiger partial charge on any atom is 0.217 e. The maximum atomic E-state index is 12.1. The number of hydrogen-bond donors (Lipinski definition) is 0. The highest BCUT2D eigenvalue weighted by atomic mass is 16.1. The molecule has 20 heavy (non-hydrogen) atoms. The molecule has 0 unspecified atom stereocenters. The van der Waals surface area contributed by atoms with Crippen LogP contribution in [0.15, 0.2) is 30.3 Å². The molecule has 4 rings (SSSR count). The maximum absolute atomic E-state index is 12.1. The molecule has 1 saturated carbocycles. The van der Waals surface area contributed by atoms with Crippen molar-refractivity contribution in [3.63, 3.8) is 0 Å². The van der Waals surface area contributed by atoms with E-state index in [1.165, 1.54) is 5.56 Å². The molecule has 2 atom stereocenters. The predicted molar refractivity (Wildman–Crippen MR) is 74.7 cm³/mol. The van der Waals surface area contributed by atoms with Crippen LogP contribution in [-0.4, -0.2) is 20.5 Å². The van der Waals surface area contributed by atoms with Crippen LogP contribution in [0.4, 0.5) is 0 Å². The summed E-state index contributed by atoms with van der Waals surface area (Å²) in [6.45, 7) is 2.16. The van der Waals surface area contributed by atoms with Gasteiger partial charge in [0.2, 0.25) is 11.6 Å². The van der Waals surface area contributed by atoms with E-state index in [2.05, 4.69) is 29.1 Å². The molecule has 0 bridgehead atoms. The summed E-state index contributed by atoms with van der Waals surface area (Å²) in [7, 11) is 0. The van der Waals surface area contributed by atoms with E-state index in [4.69, 9.17) is 0 Å². The predicted octanol–water partition coefficient (Wildman–Crippen LogP) is 2.97. The van der Waals surface area contributed by atoms with E-state index < -0.39 is 0 Å². The molecule has 1 aliphatic carbocycles. The molecule has 0 amide bonds. The fourth-order valence-corrected chi connectivity index (χ4v) is 3.03. The highest BCUT2D eigenvalue weighted by Gasteiger charge is 2.37. The third-order valence-electron chi connectivity index (χ3n) is 4.32. The van der Waals surface area contributed by atoms with E-state index >= 15 is 0 Å². The molecule has 1 aromatic heterocycles. The Morgan fingerprint density at radius 2 is 2.00 bits per heavy atom. The zero-order chi connectivity index (χ0) is 13.7. The van der Waals surface area contributed by atoms with E-state index in [1.807, 2.05) is 22.9 Å². The zero-order valence-electron chi connectivity index (χ0n) is 11.5. The first-order valence-electron chi connectivity index (χ1n) is 7.29. The number of carbonyl (C=O) groups excluding carboxylic acids is 1. The van der Waals surface area contributed by atoms with Crippen LogP contribution in [0, 0.1) is 5.92 Å². The minimum atomic E-state index is 0.130. The van der Waals surface area contributed by atoms with E-state index in [-0.39, 0.29) is 17.7 Å².